The van der Waals surface area contributed by atoms with E-state index in [1.165, 1.54) is 44.2 Å². The molecule has 0 aromatic heterocycles. The Balaban J connectivity index is 1.44. The third-order valence-corrected chi connectivity index (χ3v) is 7.26. The fraction of sp³-hybridized carbons (Fsp3) is 0.652. The van der Waals surface area contributed by atoms with E-state index in [0.717, 1.165) is 18.5 Å². The summed E-state index contributed by atoms with van der Waals surface area (Å²) in [5.74, 6) is -0.222. The molecule has 2 saturated heterocycles. The summed E-state index contributed by atoms with van der Waals surface area (Å²) < 4.78 is 13.5. The Kier molecular flexibility index (Phi) is 5.91. The first kappa shape index (κ1) is 20.3. The van der Waals surface area contributed by atoms with Gasteiger partial charge in [0, 0.05) is 38.1 Å². The molecule has 158 valence electrons. The van der Waals surface area contributed by atoms with E-state index in [4.69, 9.17) is 0 Å². The zero-order valence-corrected chi connectivity index (χ0v) is 17.3. The molecular weight excluding hydrogens is 369 g/mol. The zero-order valence-electron chi connectivity index (χ0n) is 17.3. The summed E-state index contributed by atoms with van der Waals surface area (Å²) in [6.45, 7) is 1.81. The number of benzene rings is 1. The quantitative estimate of drug-likeness (QED) is 0.798. The third kappa shape index (κ3) is 4.04. The Labute approximate surface area is 172 Å². The number of carbonyl (C=O) groups is 2. The number of fused-ring (bicyclic) bond motifs is 1. The van der Waals surface area contributed by atoms with Crippen molar-refractivity contribution in [3.8, 4) is 0 Å². The van der Waals surface area contributed by atoms with Gasteiger partial charge in [-0.2, -0.15) is 0 Å². The number of carbonyl (C=O) groups excluding carboxylic acids is 2. The van der Waals surface area contributed by atoms with Gasteiger partial charge in [0.1, 0.15) is 5.82 Å². The van der Waals surface area contributed by atoms with Crippen molar-refractivity contribution in [1.29, 1.82) is 0 Å². The van der Waals surface area contributed by atoms with Gasteiger partial charge in [-0.05, 0) is 50.4 Å². The number of hydrogen-bond acceptors (Lipinski definition) is 3. The molecule has 1 aromatic carbocycles. The SMILES string of the molecule is CN(CCNC(=O)C1(c2ccc(F)cc2)CC2CCC(=O)N2C1)C1CCCCC1. The van der Waals surface area contributed by atoms with Crippen LogP contribution in [0.2, 0.25) is 0 Å². The molecule has 0 bridgehead atoms. The molecule has 6 heteroatoms. The number of nitrogens with zero attached hydrogens (tertiary/aromatic N) is 2. The lowest BCUT2D eigenvalue weighted by atomic mass is 9.77. The molecule has 2 atom stereocenters. The highest BCUT2D eigenvalue weighted by Crippen LogP contribution is 2.43. The van der Waals surface area contributed by atoms with Gasteiger partial charge in [-0.1, -0.05) is 31.4 Å². The molecular formula is C23H32FN3O2. The van der Waals surface area contributed by atoms with Crippen molar-refractivity contribution in [3.05, 3.63) is 35.6 Å². The highest BCUT2D eigenvalue weighted by atomic mass is 19.1. The first-order valence-corrected chi connectivity index (χ1v) is 11.0. The van der Waals surface area contributed by atoms with Crippen LogP contribution >= 0.6 is 0 Å². The summed E-state index contributed by atoms with van der Waals surface area (Å²) in [6.07, 6.45) is 8.38. The van der Waals surface area contributed by atoms with Gasteiger partial charge in [-0.15, -0.1) is 0 Å². The van der Waals surface area contributed by atoms with Gasteiger partial charge in [-0.25, -0.2) is 4.39 Å². The molecule has 2 unspecified atom stereocenters. The van der Waals surface area contributed by atoms with Gasteiger partial charge >= 0.3 is 0 Å². The second-order valence-corrected chi connectivity index (χ2v) is 9.04. The molecule has 0 spiro atoms. The van der Waals surface area contributed by atoms with Crippen LogP contribution in [0.3, 0.4) is 0 Å². The molecule has 1 aromatic rings. The van der Waals surface area contributed by atoms with Gasteiger partial charge < -0.3 is 15.1 Å². The molecule has 1 N–H and O–H groups in total. The van der Waals surface area contributed by atoms with Crippen LogP contribution in [-0.2, 0) is 15.0 Å². The molecule has 2 amide bonds. The molecule has 3 fully saturated rings. The number of amides is 2. The molecule has 1 aliphatic carbocycles. The van der Waals surface area contributed by atoms with Crippen LogP contribution in [0.4, 0.5) is 4.39 Å². The highest BCUT2D eigenvalue weighted by molar-refractivity contribution is 5.91. The maximum Gasteiger partial charge on any atom is 0.232 e. The van der Waals surface area contributed by atoms with E-state index in [-0.39, 0.29) is 23.7 Å². The Hall–Kier alpha value is -1.95. The lowest BCUT2D eigenvalue weighted by molar-refractivity contribution is -0.129. The molecule has 1 saturated carbocycles. The lowest BCUT2D eigenvalue weighted by Gasteiger charge is -2.32. The number of rotatable bonds is 6. The summed E-state index contributed by atoms with van der Waals surface area (Å²) in [4.78, 5) is 29.9. The molecule has 3 aliphatic rings. The number of nitrogens with one attached hydrogen (secondary N) is 1. The summed E-state index contributed by atoms with van der Waals surface area (Å²) in [6, 6.07) is 6.95. The van der Waals surface area contributed by atoms with E-state index in [1.54, 1.807) is 12.1 Å². The van der Waals surface area contributed by atoms with Gasteiger partial charge in [0.2, 0.25) is 11.8 Å². The van der Waals surface area contributed by atoms with Crippen LogP contribution < -0.4 is 5.32 Å². The average Bonchev–Trinajstić information content (AvgIpc) is 3.29. The minimum atomic E-state index is -0.780. The van der Waals surface area contributed by atoms with E-state index in [9.17, 15) is 14.0 Å². The molecule has 5 nitrogen and oxygen atoms in total. The minimum absolute atomic E-state index is 0.0386. The van der Waals surface area contributed by atoms with Gasteiger partial charge in [0.25, 0.3) is 0 Å². The van der Waals surface area contributed by atoms with Crippen molar-refractivity contribution in [3.63, 3.8) is 0 Å². The number of hydrogen-bond donors (Lipinski definition) is 1. The maximum absolute atomic E-state index is 13.5. The Morgan fingerprint density at radius 2 is 1.93 bits per heavy atom. The predicted molar refractivity (Wildman–Crippen MR) is 110 cm³/mol. The molecule has 2 aliphatic heterocycles. The number of halogens is 1. The molecule has 2 heterocycles. The van der Waals surface area contributed by atoms with E-state index < -0.39 is 5.41 Å². The number of likely N-dealkylation sites (N-methyl/N-ethyl adjacent to an activating group) is 1. The average molecular weight is 402 g/mol. The van der Waals surface area contributed by atoms with Crippen LogP contribution in [0.1, 0.15) is 56.9 Å². The summed E-state index contributed by atoms with van der Waals surface area (Å²) >= 11 is 0. The molecule has 4 rings (SSSR count). The minimum Gasteiger partial charge on any atom is -0.354 e. The van der Waals surface area contributed by atoms with Crippen molar-refractivity contribution in [2.75, 3.05) is 26.7 Å². The third-order valence-electron chi connectivity index (χ3n) is 7.26. The topological polar surface area (TPSA) is 52.7 Å². The van der Waals surface area contributed by atoms with E-state index in [1.807, 2.05) is 4.90 Å². The summed E-state index contributed by atoms with van der Waals surface area (Å²) in [7, 11) is 2.14. The van der Waals surface area contributed by atoms with E-state index in [2.05, 4.69) is 17.3 Å². The first-order valence-electron chi connectivity index (χ1n) is 11.0. The van der Waals surface area contributed by atoms with Gasteiger partial charge in [-0.3, -0.25) is 9.59 Å². The van der Waals surface area contributed by atoms with E-state index >= 15 is 0 Å². The fourth-order valence-electron chi connectivity index (χ4n) is 5.47. The van der Waals surface area contributed by atoms with Crippen LogP contribution in [0.15, 0.2) is 24.3 Å². The molecule has 0 radical (unpaired) electrons. The molecule has 29 heavy (non-hydrogen) atoms. The zero-order chi connectivity index (χ0) is 20.4. The van der Waals surface area contributed by atoms with Crippen molar-refractivity contribution in [2.45, 2.75) is 68.9 Å². The van der Waals surface area contributed by atoms with Crippen LogP contribution in [0.5, 0.6) is 0 Å². The van der Waals surface area contributed by atoms with E-state index in [0.29, 0.717) is 32.0 Å². The normalized spacial score (nSPS) is 27.5. The lowest BCUT2D eigenvalue weighted by Crippen LogP contribution is -2.49. The van der Waals surface area contributed by atoms with Crippen molar-refractivity contribution in [1.82, 2.24) is 15.1 Å². The smallest absolute Gasteiger partial charge is 0.232 e. The maximum atomic E-state index is 13.5. The van der Waals surface area contributed by atoms with Crippen molar-refractivity contribution >= 4 is 11.8 Å². The van der Waals surface area contributed by atoms with Crippen molar-refractivity contribution < 1.29 is 14.0 Å². The van der Waals surface area contributed by atoms with Gasteiger partial charge in [0.15, 0.2) is 0 Å². The van der Waals surface area contributed by atoms with Crippen LogP contribution in [0, 0.1) is 5.82 Å². The second kappa shape index (κ2) is 8.42. The van der Waals surface area contributed by atoms with Crippen LogP contribution in [0.25, 0.3) is 0 Å². The Morgan fingerprint density at radius 1 is 1.21 bits per heavy atom. The standard InChI is InChI=1S/C23H32FN3O2/c1-26(19-5-3-2-4-6-19)14-13-25-22(29)23(17-7-9-18(24)10-8-17)15-20-11-12-21(28)27(20)16-23/h7-10,19-20H,2-6,11-16H2,1H3,(H,25,29). The largest absolute Gasteiger partial charge is 0.354 e. The van der Waals surface area contributed by atoms with Gasteiger partial charge in [0.05, 0.1) is 5.41 Å². The Morgan fingerprint density at radius 3 is 2.62 bits per heavy atom. The van der Waals surface area contributed by atoms with Crippen molar-refractivity contribution in [2.24, 2.45) is 0 Å². The Bertz CT molecular complexity index is 747. The summed E-state index contributed by atoms with van der Waals surface area (Å²) in [5.41, 5.74) is 0.0249. The second-order valence-electron chi connectivity index (χ2n) is 9.04. The first-order chi connectivity index (χ1) is 14.0. The summed E-state index contributed by atoms with van der Waals surface area (Å²) in [5, 5.41) is 3.14. The fourth-order valence-corrected chi connectivity index (χ4v) is 5.47. The monoisotopic (exact) mass is 401 g/mol. The van der Waals surface area contributed by atoms with Crippen LogP contribution in [-0.4, -0.2) is 60.4 Å². The predicted octanol–water partition coefficient (Wildman–Crippen LogP) is 2.84. The highest BCUT2D eigenvalue weighted by Gasteiger charge is 2.53.